The Bertz CT molecular complexity index is 430. The van der Waals surface area contributed by atoms with Gasteiger partial charge in [0.1, 0.15) is 5.82 Å². The van der Waals surface area contributed by atoms with Crippen LogP contribution in [-0.4, -0.2) is 28.9 Å². The van der Waals surface area contributed by atoms with Crippen molar-refractivity contribution in [2.75, 3.05) is 18.4 Å². The van der Waals surface area contributed by atoms with Crippen LogP contribution in [0.5, 0.6) is 0 Å². The van der Waals surface area contributed by atoms with Crippen molar-refractivity contribution in [3.63, 3.8) is 0 Å². The maximum absolute atomic E-state index is 11.7. The van der Waals surface area contributed by atoms with E-state index in [1.807, 2.05) is 17.2 Å². The summed E-state index contributed by atoms with van der Waals surface area (Å²) in [5.41, 5.74) is 1.15. The van der Waals surface area contributed by atoms with E-state index in [-0.39, 0.29) is 11.9 Å². The van der Waals surface area contributed by atoms with Crippen molar-refractivity contribution in [3.8, 4) is 0 Å². The number of nitrogens with zero attached hydrogens (tertiary/aromatic N) is 2. The van der Waals surface area contributed by atoms with Crippen molar-refractivity contribution in [1.82, 2.24) is 9.88 Å². The number of hydrogen-bond acceptors (Lipinski definition) is 3. The fourth-order valence-electron chi connectivity index (χ4n) is 2.76. The smallest absolute Gasteiger partial charge is 0.219 e. The van der Waals surface area contributed by atoms with E-state index < -0.39 is 0 Å². The Kier molecular flexibility index (Phi) is 5.39. The van der Waals surface area contributed by atoms with E-state index in [0.29, 0.717) is 0 Å². The highest BCUT2D eigenvalue weighted by Crippen LogP contribution is 2.30. The van der Waals surface area contributed by atoms with E-state index in [4.69, 9.17) is 0 Å². The summed E-state index contributed by atoms with van der Waals surface area (Å²) < 4.78 is 0. The van der Waals surface area contributed by atoms with Gasteiger partial charge < -0.3 is 10.2 Å². The molecule has 1 aliphatic rings. The zero-order chi connectivity index (χ0) is 14.4. The zero-order valence-corrected chi connectivity index (χ0v) is 12.6. The lowest BCUT2D eigenvalue weighted by atomic mass is 9.96. The molecule has 1 aromatic heterocycles. The first-order valence-corrected chi connectivity index (χ1v) is 7.69. The summed E-state index contributed by atoms with van der Waals surface area (Å²) in [5, 5.41) is 3.32. The molecule has 110 valence electrons. The molecule has 0 bridgehead atoms. The first-order valence-electron chi connectivity index (χ1n) is 7.69. The number of hydrogen-bond donors (Lipinski definition) is 1. The lowest BCUT2D eigenvalue weighted by Gasteiger charge is -2.35. The Labute approximate surface area is 121 Å². The van der Waals surface area contributed by atoms with E-state index in [1.165, 1.54) is 12.8 Å². The van der Waals surface area contributed by atoms with E-state index in [0.717, 1.165) is 43.7 Å². The topological polar surface area (TPSA) is 45.2 Å². The largest absolute Gasteiger partial charge is 0.370 e. The molecule has 1 amide bonds. The van der Waals surface area contributed by atoms with Crippen LogP contribution in [0.2, 0.25) is 0 Å². The molecule has 0 saturated carbocycles. The van der Waals surface area contributed by atoms with Gasteiger partial charge in [-0.05, 0) is 37.3 Å². The van der Waals surface area contributed by atoms with Crippen molar-refractivity contribution < 1.29 is 4.79 Å². The van der Waals surface area contributed by atoms with E-state index in [2.05, 4.69) is 23.3 Å². The van der Waals surface area contributed by atoms with Crippen molar-refractivity contribution in [1.29, 1.82) is 0 Å². The van der Waals surface area contributed by atoms with Gasteiger partial charge in [-0.1, -0.05) is 19.4 Å². The highest BCUT2D eigenvalue weighted by Gasteiger charge is 2.25. The van der Waals surface area contributed by atoms with Crippen LogP contribution < -0.4 is 5.32 Å². The van der Waals surface area contributed by atoms with Gasteiger partial charge in [-0.15, -0.1) is 0 Å². The summed E-state index contributed by atoms with van der Waals surface area (Å²) in [5.74, 6) is 1.09. The van der Waals surface area contributed by atoms with Gasteiger partial charge in [0.15, 0.2) is 0 Å². The van der Waals surface area contributed by atoms with Crippen LogP contribution >= 0.6 is 0 Å². The van der Waals surface area contributed by atoms with Crippen LogP contribution in [0.1, 0.15) is 57.6 Å². The number of anilines is 1. The van der Waals surface area contributed by atoms with Crippen LogP contribution in [0.3, 0.4) is 0 Å². The summed E-state index contributed by atoms with van der Waals surface area (Å²) in [4.78, 5) is 18.2. The number of carbonyl (C=O) groups is 1. The van der Waals surface area contributed by atoms with Crippen molar-refractivity contribution in [2.45, 2.75) is 52.0 Å². The molecule has 1 atom stereocenters. The average Bonchev–Trinajstić information content (AvgIpc) is 2.48. The lowest BCUT2D eigenvalue weighted by Crippen LogP contribution is -2.36. The number of piperidine rings is 1. The predicted octanol–water partition coefficient (Wildman–Crippen LogP) is 3.37. The normalized spacial score (nSPS) is 18.9. The van der Waals surface area contributed by atoms with Crippen molar-refractivity contribution in [3.05, 3.63) is 23.9 Å². The molecule has 2 rings (SSSR count). The van der Waals surface area contributed by atoms with Gasteiger partial charge in [0, 0.05) is 26.2 Å². The number of unbranched alkanes of at least 4 members (excludes halogenated alkanes) is 1. The molecule has 1 saturated heterocycles. The van der Waals surface area contributed by atoms with E-state index >= 15 is 0 Å². The third kappa shape index (κ3) is 3.71. The van der Waals surface area contributed by atoms with Gasteiger partial charge in [-0.3, -0.25) is 4.79 Å². The molecule has 2 heterocycles. The molecule has 1 N–H and O–H groups in total. The number of pyridine rings is 1. The Morgan fingerprint density at radius 1 is 1.45 bits per heavy atom. The maximum atomic E-state index is 11.7. The minimum absolute atomic E-state index is 0.167. The molecule has 1 fully saturated rings. The fraction of sp³-hybridized carbons (Fsp3) is 0.625. The Hall–Kier alpha value is -1.58. The highest BCUT2D eigenvalue weighted by atomic mass is 16.2. The van der Waals surface area contributed by atoms with E-state index in [9.17, 15) is 4.79 Å². The molecule has 0 aromatic carbocycles. The maximum Gasteiger partial charge on any atom is 0.219 e. The molecule has 4 nitrogen and oxygen atoms in total. The summed E-state index contributed by atoms with van der Waals surface area (Å²) >= 11 is 0. The minimum atomic E-state index is 0.167. The summed E-state index contributed by atoms with van der Waals surface area (Å²) in [6.07, 6.45) is 7.60. The van der Waals surface area contributed by atoms with Gasteiger partial charge >= 0.3 is 0 Å². The Morgan fingerprint density at radius 2 is 2.30 bits per heavy atom. The quantitative estimate of drug-likeness (QED) is 0.838. The monoisotopic (exact) mass is 275 g/mol. The molecule has 1 aromatic rings. The minimum Gasteiger partial charge on any atom is -0.370 e. The third-order valence-electron chi connectivity index (χ3n) is 3.91. The van der Waals surface area contributed by atoms with Crippen molar-refractivity contribution in [2.24, 2.45) is 0 Å². The average molecular weight is 275 g/mol. The third-order valence-corrected chi connectivity index (χ3v) is 3.91. The lowest BCUT2D eigenvalue weighted by molar-refractivity contribution is -0.132. The molecule has 1 aliphatic heterocycles. The molecule has 20 heavy (non-hydrogen) atoms. The number of likely N-dealkylation sites (tertiary alicyclic amines) is 1. The van der Waals surface area contributed by atoms with Gasteiger partial charge in [-0.2, -0.15) is 0 Å². The zero-order valence-electron chi connectivity index (χ0n) is 12.6. The van der Waals surface area contributed by atoms with Crippen LogP contribution in [0.4, 0.5) is 5.82 Å². The van der Waals surface area contributed by atoms with Gasteiger partial charge in [0.05, 0.1) is 6.04 Å². The predicted molar refractivity (Wildman–Crippen MR) is 81.6 cm³/mol. The van der Waals surface area contributed by atoms with E-state index in [1.54, 1.807) is 6.92 Å². The number of nitrogens with one attached hydrogen (secondary N) is 1. The second-order valence-electron chi connectivity index (χ2n) is 5.48. The van der Waals surface area contributed by atoms with Crippen molar-refractivity contribution >= 4 is 11.7 Å². The van der Waals surface area contributed by atoms with Crippen LogP contribution in [0, 0.1) is 0 Å². The fourth-order valence-corrected chi connectivity index (χ4v) is 2.76. The second kappa shape index (κ2) is 7.27. The Morgan fingerprint density at radius 3 is 2.95 bits per heavy atom. The summed E-state index contributed by atoms with van der Waals surface area (Å²) in [6, 6.07) is 4.34. The second-order valence-corrected chi connectivity index (χ2v) is 5.48. The van der Waals surface area contributed by atoms with Crippen LogP contribution in [0.25, 0.3) is 0 Å². The molecule has 0 spiro atoms. The molecular formula is C16H25N3O. The first-order chi connectivity index (χ1) is 9.72. The number of carbonyl (C=O) groups excluding carboxylic acids is 1. The molecule has 4 heteroatoms. The van der Waals surface area contributed by atoms with Gasteiger partial charge in [-0.25, -0.2) is 4.98 Å². The number of amides is 1. The molecule has 0 aliphatic carbocycles. The number of rotatable bonds is 5. The summed E-state index contributed by atoms with van der Waals surface area (Å²) in [7, 11) is 0. The van der Waals surface area contributed by atoms with Crippen LogP contribution in [-0.2, 0) is 4.79 Å². The molecule has 0 radical (unpaired) electrons. The molecule has 0 unspecified atom stereocenters. The summed E-state index contributed by atoms with van der Waals surface area (Å²) in [6.45, 7) is 5.67. The molecular weight excluding hydrogens is 250 g/mol. The van der Waals surface area contributed by atoms with Crippen LogP contribution in [0.15, 0.2) is 18.3 Å². The van der Waals surface area contributed by atoms with Gasteiger partial charge in [0.2, 0.25) is 5.91 Å². The number of aromatic nitrogens is 1. The Balaban J connectivity index is 2.02. The first kappa shape index (κ1) is 14.8. The SMILES string of the molecule is CCCCNc1ccc([C@@H]2CCCCN2C(C)=O)cn1. The van der Waals surface area contributed by atoms with Gasteiger partial charge in [0.25, 0.3) is 0 Å². The standard InChI is InChI=1S/C16H25N3O/c1-3-4-10-17-16-9-8-14(12-18-16)15-7-5-6-11-19(15)13(2)20/h8-9,12,15H,3-7,10-11H2,1-2H3,(H,17,18)/t15-/m0/s1. The highest BCUT2D eigenvalue weighted by molar-refractivity contribution is 5.74.